The Hall–Kier alpha value is -1.70. The lowest BCUT2D eigenvalue weighted by atomic mass is 10.0. The Kier molecular flexibility index (Phi) is 12.5. The number of hydrogen-bond donors (Lipinski definition) is 2. The molecule has 0 aromatic heterocycles. The van der Waals surface area contributed by atoms with Crippen LogP contribution in [0.3, 0.4) is 0 Å². The summed E-state index contributed by atoms with van der Waals surface area (Å²) >= 11 is 0. The molecule has 1 aromatic rings. The highest BCUT2D eigenvalue weighted by Crippen LogP contribution is 2.22. The molecule has 2 N–H and O–H groups in total. The molecule has 31 heavy (non-hydrogen) atoms. The number of rotatable bonds is 13. The molecule has 2 rings (SSSR count). The summed E-state index contributed by atoms with van der Waals surface area (Å²) in [6.45, 7) is 8.85. The quantitative estimate of drug-likeness (QED) is 0.283. The van der Waals surface area contributed by atoms with E-state index in [-0.39, 0.29) is 11.9 Å². The van der Waals surface area contributed by atoms with E-state index in [1.165, 1.54) is 44.4 Å². The van der Waals surface area contributed by atoms with E-state index in [0.717, 1.165) is 57.3 Å². The molecular formula is C24H42FN5O. The monoisotopic (exact) mass is 435 g/mol. The molecule has 0 bridgehead atoms. The second-order valence-electron chi connectivity index (χ2n) is 8.43. The van der Waals surface area contributed by atoms with Gasteiger partial charge in [-0.1, -0.05) is 31.4 Å². The maximum absolute atomic E-state index is 13.4. The fourth-order valence-corrected chi connectivity index (χ4v) is 3.82. The van der Waals surface area contributed by atoms with Crippen LogP contribution in [0, 0.1) is 5.82 Å². The van der Waals surface area contributed by atoms with E-state index in [1.807, 2.05) is 12.1 Å². The topological polar surface area (TPSA) is 52.1 Å². The average Bonchev–Trinajstić information content (AvgIpc) is 2.77. The van der Waals surface area contributed by atoms with Gasteiger partial charge in [-0.2, -0.15) is 0 Å². The number of nitrogens with zero attached hydrogens (tertiary/aromatic N) is 3. The number of aliphatic imine (C=N–C) groups is 1. The molecule has 1 aliphatic rings. The standard InChI is InChI=1S/C24H42FN5O/c1-4-26-24(27-14-8-6-5-7-9-15-29(2)3)28-20-23(30-16-18-31-19-17-30)21-10-12-22(25)13-11-21/h10-13,23H,4-9,14-20H2,1-3H3,(H2,26,27,28). The van der Waals surface area contributed by atoms with Gasteiger partial charge in [-0.25, -0.2) is 4.39 Å². The maximum Gasteiger partial charge on any atom is 0.191 e. The van der Waals surface area contributed by atoms with Gasteiger partial charge in [-0.05, 0) is 58.1 Å². The highest BCUT2D eigenvalue weighted by molar-refractivity contribution is 5.79. The first-order chi connectivity index (χ1) is 15.1. The second kappa shape index (κ2) is 15.2. The summed E-state index contributed by atoms with van der Waals surface area (Å²) in [4.78, 5) is 9.50. The van der Waals surface area contributed by atoms with Crippen LogP contribution >= 0.6 is 0 Å². The molecule has 0 amide bonds. The minimum Gasteiger partial charge on any atom is -0.379 e. The zero-order chi connectivity index (χ0) is 22.3. The summed E-state index contributed by atoms with van der Waals surface area (Å²) in [7, 11) is 4.26. The van der Waals surface area contributed by atoms with Gasteiger partial charge in [0.1, 0.15) is 5.82 Å². The van der Waals surface area contributed by atoms with Crippen molar-refractivity contribution < 1.29 is 9.13 Å². The smallest absolute Gasteiger partial charge is 0.191 e. The molecule has 0 spiro atoms. The minimum absolute atomic E-state index is 0.122. The van der Waals surface area contributed by atoms with E-state index in [4.69, 9.17) is 9.73 Å². The first-order valence-corrected chi connectivity index (χ1v) is 11.8. The number of halogens is 1. The van der Waals surface area contributed by atoms with Crippen molar-refractivity contribution in [3.63, 3.8) is 0 Å². The van der Waals surface area contributed by atoms with Gasteiger partial charge in [0, 0.05) is 26.2 Å². The van der Waals surface area contributed by atoms with Crippen LogP contribution in [-0.4, -0.2) is 82.3 Å². The van der Waals surface area contributed by atoms with Crippen molar-refractivity contribution in [2.24, 2.45) is 4.99 Å². The van der Waals surface area contributed by atoms with E-state index in [2.05, 4.69) is 41.5 Å². The van der Waals surface area contributed by atoms with Crippen LogP contribution in [0.4, 0.5) is 4.39 Å². The molecule has 1 aliphatic heterocycles. The van der Waals surface area contributed by atoms with Gasteiger partial charge >= 0.3 is 0 Å². The Balaban J connectivity index is 1.85. The normalized spacial score (nSPS) is 16.5. The summed E-state index contributed by atoms with van der Waals surface area (Å²) in [5, 5.41) is 6.83. The molecule has 0 aliphatic carbocycles. The van der Waals surface area contributed by atoms with Gasteiger partial charge in [0.15, 0.2) is 5.96 Å². The van der Waals surface area contributed by atoms with Gasteiger partial charge in [0.2, 0.25) is 0 Å². The Morgan fingerprint density at radius 1 is 1.06 bits per heavy atom. The predicted octanol–water partition coefficient (Wildman–Crippen LogP) is 3.27. The number of ether oxygens (including phenoxy) is 1. The predicted molar refractivity (Wildman–Crippen MR) is 127 cm³/mol. The second-order valence-corrected chi connectivity index (χ2v) is 8.43. The molecule has 176 valence electrons. The van der Waals surface area contributed by atoms with Crippen molar-refractivity contribution in [3.05, 3.63) is 35.6 Å². The zero-order valence-corrected chi connectivity index (χ0v) is 19.7. The van der Waals surface area contributed by atoms with Crippen molar-refractivity contribution in [1.29, 1.82) is 0 Å². The lowest BCUT2D eigenvalue weighted by Crippen LogP contribution is -2.42. The first kappa shape index (κ1) is 25.6. The third kappa shape index (κ3) is 10.4. The molecular weight excluding hydrogens is 393 g/mol. The molecule has 7 heteroatoms. The fourth-order valence-electron chi connectivity index (χ4n) is 3.82. The van der Waals surface area contributed by atoms with Crippen LogP contribution < -0.4 is 10.6 Å². The summed E-state index contributed by atoms with van der Waals surface area (Å²) < 4.78 is 18.9. The van der Waals surface area contributed by atoms with Crippen LogP contribution in [0.25, 0.3) is 0 Å². The van der Waals surface area contributed by atoms with Crippen molar-refractivity contribution in [3.8, 4) is 0 Å². The molecule has 1 unspecified atom stereocenters. The van der Waals surface area contributed by atoms with Gasteiger partial charge in [0.25, 0.3) is 0 Å². The summed E-state index contributed by atoms with van der Waals surface area (Å²) in [6, 6.07) is 6.95. The third-order valence-electron chi connectivity index (χ3n) is 5.58. The van der Waals surface area contributed by atoms with Crippen LogP contribution in [0.15, 0.2) is 29.3 Å². The van der Waals surface area contributed by atoms with Crippen molar-refractivity contribution >= 4 is 5.96 Å². The molecule has 1 fully saturated rings. The Morgan fingerprint density at radius 3 is 2.42 bits per heavy atom. The van der Waals surface area contributed by atoms with Gasteiger partial charge < -0.3 is 20.3 Å². The third-order valence-corrected chi connectivity index (χ3v) is 5.58. The average molecular weight is 436 g/mol. The minimum atomic E-state index is -0.204. The van der Waals surface area contributed by atoms with Gasteiger partial charge in [-0.3, -0.25) is 9.89 Å². The molecule has 1 atom stereocenters. The Morgan fingerprint density at radius 2 is 1.74 bits per heavy atom. The highest BCUT2D eigenvalue weighted by atomic mass is 19.1. The number of nitrogens with one attached hydrogen (secondary N) is 2. The molecule has 1 aromatic carbocycles. The van der Waals surface area contributed by atoms with Crippen molar-refractivity contribution in [2.75, 3.05) is 66.6 Å². The Labute approximate surface area is 188 Å². The number of unbranched alkanes of at least 4 members (excludes halogenated alkanes) is 4. The summed E-state index contributed by atoms with van der Waals surface area (Å²) in [5.41, 5.74) is 1.10. The van der Waals surface area contributed by atoms with E-state index in [0.29, 0.717) is 6.54 Å². The van der Waals surface area contributed by atoms with Crippen molar-refractivity contribution in [2.45, 2.75) is 45.1 Å². The molecule has 1 saturated heterocycles. The SMILES string of the molecule is CCNC(=NCC(c1ccc(F)cc1)N1CCOCC1)NCCCCCCCN(C)C. The summed E-state index contributed by atoms with van der Waals surface area (Å²) in [5.74, 6) is 0.653. The zero-order valence-electron chi connectivity index (χ0n) is 19.7. The summed E-state index contributed by atoms with van der Waals surface area (Å²) in [6.07, 6.45) is 6.25. The van der Waals surface area contributed by atoms with Gasteiger partial charge in [-0.15, -0.1) is 0 Å². The molecule has 6 nitrogen and oxygen atoms in total. The number of benzene rings is 1. The highest BCUT2D eigenvalue weighted by Gasteiger charge is 2.22. The first-order valence-electron chi connectivity index (χ1n) is 11.8. The number of morpholine rings is 1. The van der Waals surface area contributed by atoms with E-state index in [1.54, 1.807) is 0 Å². The Bertz CT molecular complexity index is 617. The molecule has 0 saturated carbocycles. The lowest BCUT2D eigenvalue weighted by molar-refractivity contribution is 0.0179. The van der Waals surface area contributed by atoms with E-state index >= 15 is 0 Å². The molecule has 0 radical (unpaired) electrons. The van der Waals surface area contributed by atoms with Crippen LogP contribution in [0.1, 0.15) is 50.6 Å². The maximum atomic E-state index is 13.4. The number of hydrogen-bond acceptors (Lipinski definition) is 4. The van der Waals surface area contributed by atoms with Gasteiger partial charge in [0.05, 0.1) is 25.8 Å². The van der Waals surface area contributed by atoms with E-state index in [9.17, 15) is 4.39 Å². The van der Waals surface area contributed by atoms with Crippen LogP contribution in [0.5, 0.6) is 0 Å². The van der Waals surface area contributed by atoms with Crippen LogP contribution in [-0.2, 0) is 4.74 Å². The van der Waals surface area contributed by atoms with Crippen molar-refractivity contribution in [1.82, 2.24) is 20.4 Å². The largest absolute Gasteiger partial charge is 0.379 e. The van der Waals surface area contributed by atoms with E-state index < -0.39 is 0 Å². The fraction of sp³-hybridized carbons (Fsp3) is 0.708. The number of guanidine groups is 1. The lowest BCUT2D eigenvalue weighted by Gasteiger charge is -2.34. The van der Waals surface area contributed by atoms with Crippen LogP contribution in [0.2, 0.25) is 0 Å². The molecule has 1 heterocycles.